The highest BCUT2D eigenvalue weighted by molar-refractivity contribution is 7.89. The van der Waals surface area contributed by atoms with Gasteiger partial charge in [-0.05, 0) is 37.3 Å². The standard InChI is InChI=1S/C21H34N2O5S/c1-15(2)10-9-11-17(5)22-19(24)14-28-21(25)20(16(3)4)23-29(26,27)18-12-7-6-8-13-18/h6-8,12-13,15-17,20,23H,9-11,14H2,1-5H3,(H,22,24)/t17?,20-/m0/s1. The van der Waals surface area contributed by atoms with E-state index in [-0.39, 0.29) is 16.9 Å². The second-order valence-electron chi connectivity index (χ2n) is 8.06. The molecule has 29 heavy (non-hydrogen) atoms. The Morgan fingerprint density at radius 2 is 1.62 bits per heavy atom. The fourth-order valence-electron chi connectivity index (χ4n) is 2.74. The first kappa shape index (κ1) is 25.1. The first-order chi connectivity index (χ1) is 13.5. The fraction of sp³-hybridized carbons (Fsp3) is 0.619. The second-order valence-corrected chi connectivity index (χ2v) is 9.77. The maximum atomic E-state index is 12.5. The number of sulfonamides is 1. The Morgan fingerprint density at radius 3 is 2.17 bits per heavy atom. The molecular formula is C21H34N2O5S. The third-order valence-corrected chi connectivity index (χ3v) is 5.88. The summed E-state index contributed by atoms with van der Waals surface area (Å²) >= 11 is 0. The maximum absolute atomic E-state index is 12.5. The lowest BCUT2D eigenvalue weighted by atomic mass is 10.0. The topological polar surface area (TPSA) is 102 Å². The van der Waals surface area contributed by atoms with Crippen LogP contribution in [0.2, 0.25) is 0 Å². The summed E-state index contributed by atoms with van der Waals surface area (Å²) in [6, 6.07) is 6.69. The highest BCUT2D eigenvalue weighted by Gasteiger charge is 2.30. The number of rotatable bonds is 12. The van der Waals surface area contributed by atoms with Crippen molar-refractivity contribution in [3.8, 4) is 0 Å². The number of hydrogen-bond acceptors (Lipinski definition) is 5. The average molecular weight is 427 g/mol. The minimum atomic E-state index is -3.88. The van der Waals surface area contributed by atoms with E-state index in [4.69, 9.17) is 4.74 Å². The Morgan fingerprint density at radius 1 is 1.00 bits per heavy atom. The molecule has 0 saturated heterocycles. The molecule has 0 bridgehead atoms. The number of nitrogens with one attached hydrogen (secondary N) is 2. The first-order valence-corrected chi connectivity index (χ1v) is 11.5. The molecule has 0 fully saturated rings. The molecule has 0 aliphatic carbocycles. The van der Waals surface area contributed by atoms with E-state index in [1.807, 2.05) is 6.92 Å². The lowest BCUT2D eigenvalue weighted by Crippen LogP contribution is -2.46. The summed E-state index contributed by atoms with van der Waals surface area (Å²) in [6.07, 6.45) is 2.95. The molecular weight excluding hydrogens is 392 g/mol. The summed E-state index contributed by atoms with van der Waals surface area (Å²) in [5, 5.41) is 2.80. The van der Waals surface area contributed by atoms with E-state index in [1.165, 1.54) is 12.1 Å². The highest BCUT2D eigenvalue weighted by atomic mass is 32.2. The monoisotopic (exact) mass is 426 g/mol. The Labute approximate surface area is 174 Å². The Hall–Kier alpha value is -1.93. The van der Waals surface area contributed by atoms with Crippen molar-refractivity contribution in [1.82, 2.24) is 10.0 Å². The van der Waals surface area contributed by atoms with Gasteiger partial charge in [-0.15, -0.1) is 0 Å². The van der Waals surface area contributed by atoms with E-state index in [0.717, 1.165) is 19.3 Å². The molecule has 8 heteroatoms. The predicted molar refractivity (Wildman–Crippen MR) is 113 cm³/mol. The number of amides is 1. The lowest BCUT2D eigenvalue weighted by Gasteiger charge is -2.21. The Bertz CT molecular complexity index is 748. The van der Waals surface area contributed by atoms with Crippen LogP contribution < -0.4 is 10.0 Å². The molecule has 1 unspecified atom stereocenters. The minimum Gasteiger partial charge on any atom is -0.454 e. The van der Waals surface area contributed by atoms with Gasteiger partial charge in [0.1, 0.15) is 6.04 Å². The summed E-state index contributed by atoms with van der Waals surface area (Å²) < 4.78 is 32.4. The van der Waals surface area contributed by atoms with Gasteiger partial charge in [0, 0.05) is 6.04 Å². The second kappa shape index (κ2) is 11.9. The first-order valence-electron chi connectivity index (χ1n) is 10.1. The van der Waals surface area contributed by atoms with Crippen molar-refractivity contribution in [2.45, 2.75) is 70.9 Å². The van der Waals surface area contributed by atoms with Crippen LogP contribution in [0.25, 0.3) is 0 Å². The Balaban J connectivity index is 2.57. The van der Waals surface area contributed by atoms with E-state index in [9.17, 15) is 18.0 Å². The van der Waals surface area contributed by atoms with Crippen molar-refractivity contribution in [3.63, 3.8) is 0 Å². The molecule has 0 aromatic heterocycles. The smallest absolute Gasteiger partial charge is 0.324 e. The maximum Gasteiger partial charge on any atom is 0.324 e. The molecule has 0 aliphatic heterocycles. The molecule has 0 heterocycles. The van der Waals surface area contributed by atoms with Crippen LogP contribution in [0.3, 0.4) is 0 Å². The minimum absolute atomic E-state index is 0.0163. The van der Waals surface area contributed by atoms with Crippen LogP contribution in [0.4, 0.5) is 0 Å². The van der Waals surface area contributed by atoms with E-state index in [1.54, 1.807) is 32.0 Å². The van der Waals surface area contributed by atoms with Crippen LogP contribution >= 0.6 is 0 Å². The molecule has 0 radical (unpaired) electrons. The summed E-state index contributed by atoms with van der Waals surface area (Å²) in [7, 11) is -3.88. The van der Waals surface area contributed by atoms with Gasteiger partial charge in [-0.2, -0.15) is 4.72 Å². The van der Waals surface area contributed by atoms with Gasteiger partial charge in [0.25, 0.3) is 5.91 Å². The van der Waals surface area contributed by atoms with Gasteiger partial charge in [-0.1, -0.05) is 58.7 Å². The normalized spacial score (nSPS) is 13.9. The van der Waals surface area contributed by atoms with Crippen LogP contribution in [-0.2, 0) is 24.3 Å². The summed E-state index contributed by atoms with van der Waals surface area (Å²) in [4.78, 5) is 24.5. The van der Waals surface area contributed by atoms with Crippen LogP contribution in [-0.4, -0.2) is 39.0 Å². The zero-order valence-electron chi connectivity index (χ0n) is 18.0. The van der Waals surface area contributed by atoms with Crippen molar-refractivity contribution < 1.29 is 22.7 Å². The van der Waals surface area contributed by atoms with Crippen LogP contribution in [0.5, 0.6) is 0 Å². The van der Waals surface area contributed by atoms with E-state index >= 15 is 0 Å². The third kappa shape index (κ3) is 9.41. The van der Waals surface area contributed by atoms with Crippen molar-refractivity contribution >= 4 is 21.9 Å². The molecule has 1 amide bonds. The molecule has 7 nitrogen and oxygen atoms in total. The van der Waals surface area contributed by atoms with E-state index in [0.29, 0.717) is 5.92 Å². The summed E-state index contributed by atoms with van der Waals surface area (Å²) in [6.45, 7) is 9.18. The molecule has 0 saturated carbocycles. The lowest BCUT2D eigenvalue weighted by molar-refractivity contribution is -0.151. The molecule has 2 N–H and O–H groups in total. The summed E-state index contributed by atoms with van der Waals surface area (Å²) in [5.41, 5.74) is 0. The van der Waals surface area contributed by atoms with Gasteiger partial charge < -0.3 is 10.1 Å². The number of benzene rings is 1. The van der Waals surface area contributed by atoms with Gasteiger partial charge in [0.15, 0.2) is 6.61 Å². The number of esters is 1. The zero-order valence-corrected chi connectivity index (χ0v) is 18.8. The average Bonchev–Trinajstić information content (AvgIpc) is 2.64. The number of carbonyl (C=O) groups is 2. The van der Waals surface area contributed by atoms with Gasteiger partial charge in [-0.3, -0.25) is 9.59 Å². The van der Waals surface area contributed by atoms with Crippen molar-refractivity contribution in [3.05, 3.63) is 30.3 Å². The highest BCUT2D eigenvalue weighted by Crippen LogP contribution is 2.12. The van der Waals surface area contributed by atoms with Crippen molar-refractivity contribution in [2.24, 2.45) is 11.8 Å². The molecule has 2 atom stereocenters. The predicted octanol–water partition coefficient (Wildman–Crippen LogP) is 2.86. The number of hydrogen-bond donors (Lipinski definition) is 2. The molecule has 0 aliphatic rings. The number of carbonyl (C=O) groups excluding carboxylic acids is 2. The van der Waals surface area contributed by atoms with Gasteiger partial charge in [0.05, 0.1) is 4.90 Å². The van der Waals surface area contributed by atoms with Gasteiger partial charge in [0.2, 0.25) is 10.0 Å². The van der Waals surface area contributed by atoms with Crippen LogP contribution in [0, 0.1) is 11.8 Å². The van der Waals surface area contributed by atoms with Crippen LogP contribution in [0.1, 0.15) is 53.9 Å². The SMILES string of the molecule is CC(C)CCCC(C)NC(=O)COC(=O)[C@@H](NS(=O)(=O)c1ccccc1)C(C)C. The quantitative estimate of drug-likeness (QED) is 0.501. The van der Waals surface area contributed by atoms with Crippen molar-refractivity contribution in [2.75, 3.05) is 6.61 Å². The van der Waals surface area contributed by atoms with Gasteiger partial charge in [-0.25, -0.2) is 8.42 Å². The Kier molecular flexibility index (Phi) is 10.3. The molecule has 164 valence electrons. The number of ether oxygens (including phenoxy) is 1. The third-order valence-electron chi connectivity index (χ3n) is 4.43. The van der Waals surface area contributed by atoms with E-state index in [2.05, 4.69) is 23.9 Å². The molecule has 0 spiro atoms. The fourth-order valence-corrected chi connectivity index (χ4v) is 4.09. The molecule has 1 aromatic rings. The van der Waals surface area contributed by atoms with E-state index < -0.39 is 34.5 Å². The summed E-state index contributed by atoms with van der Waals surface area (Å²) in [5.74, 6) is -0.906. The van der Waals surface area contributed by atoms with Crippen LogP contribution in [0.15, 0.2) is 35.2 Å². The zero-order chi connectivity index (χ0) is 22.0. The molecule has 1 rings (SSSR count). The largest absolute Gasteiger partial charge is 0.454 e. The van der Waals surface area contributed by atoms with Gasteiger partial charge >= 0.3 is 5.97 Å². The molecule has 1 aromatic carbocycles. The van der Waals surface area contributed by atoms with Crippen molar-refractivity contribution in [1.29, 1.82) is 0 Å².